The Kier molecular flexibility index (Phi) is 5.54. The molecule has 2 aromatic carbocycles. The molecule has 0 heterocycles. The molecule has 3 N–H and O–H groups in total. The SMILES string of the molecule is NC(=O)NCc1ccc(C(=O)OCc2ccc(F)cc2Cl)cc1. The summed E-state index contributed by atoms with van der Waals surface area (Å²) in [6, 6.07) is 9.75. The molecule has 0 aromatic heterocycles. The molecule has 23 heavy (non-hydrogen) atoms. The average molecular weight is 337 g/mol. The van der Waals surface area contributed by atoms with E-state index in [4.69, 9.17) is 22.1 Å². The standard InChI is InChI=1S/C16H14ClFN2O3/c17-14-7-13(18)6-5-12(14)9-23-15(21)11-3-1-10(2-4-11)8-20-16(19)22/h1-7H,8-9H2,(H3,19,20,22). The fraction of sp³-hybridized carbons (Fsp3) is 0.125. The summed E-state index contributed by atoms with van der Waals surface area (Å²) < 4.78 is 18.1. The maximum atomic E-state index is 12.9. The topological polar surface area (TPSA) is 81.4 Å². The van der Waals surface area contributed by atoms with Crippen molar-refractivity contribution in [2.24, 2.45) is 5.73 Å². The van der Waals surface area contributed by atoms with Gasteiger partial charge in [-0.25, -0.2) is 14.0 Å². The summed E-state index contributed by atoms with van der Waals surface area (Å²) in [7, 11) is 0. The first-order chi connectivity index (χ1) is 11.0. The highest BCUT2D eigenvalue weighted by molar-refractivity contribution is 6.31. The molecule has 0 aliphatic rings. The molecular weight excluding hydrogens is 323 g/mol. The highest BCUT2D eigenvalue weighted by atomic mass is 35.5. The Morgan fingerprint density at radius 3 is 2.48 bits per heavy atom. The van der Waals surface area contributed by atoms with Gasteiger partial charge in [-0.1, -0.05) is 29.8 Å². The third kappa shape index (κ3) is 4.96. The second-order valence-corrected chi connectivity index (χ2v) is 5.13. The number of carbonyl (C=O) groups excluding carboxylic acids is 2. The van der Waals surface area contributed by atoms with E-state index in [0.29, 0.717) is 11.1 Å². The largest absolute Gasteiger partial charge is 0.457 e. The Hall–Kier alpha value is -2.60. The number of hydrogen-bond acceptors (Lipinski definition) is 3. The van der Waals surface area contributed by atoms with Crippen molar-refractivity contribution in [3.63, 3.8) is 0 Å². The number of ether oxygens (including phenoxy) is 1. The smallest absolute Gasteiger partial charge is 0.338 e. The summed E-state index contributed by atoms with van der Waals surface area (Å²) in [5.74, 6) is -0.981. The van der Waals surface area contributed by atoms with Crippen molar-refractivity contribution in [3.05, 3.63) is 70.0 Å². The summed E-state index contributed by atoms with van der Waals surface area (Å²) in [6.07, 6.45) is 0. The molecule has 7 heteroatoms. The first-order valence-corrected chi connectivity index (χ1v) is 7.07. The fourth-order valence-corrected chi connectivity index (χ4v) is 2.04. The molecule has 2 aromatic rings. The number of benzene rings is 2. The molecule has 0 fully saturated rings. The van der Waals surface area contributed by atoms with Crippen LogP contribution in [0.2, 0.25) is 5.02 Å². The van der Waals surface area contributed by atoms with E-state index in [1.54, 1.807) is 24.3 Å². The van der Waals surface area contributed by atoms with Crippen LogP contribution in [0.1, 0.15) is 21.5 Å². The first kappa shape index (κ1) is 16.8. The van der Waals surface area contributed by atoms with Crippen molar-refractivity contribution in [3.8, 4) is 0 Å². The lowest BCUT2D eigenvalue weighted by Gasteiger charge is -2.07. The van der Waals surface area contributed by atoms with Crippen molar-refractivity contribution in [1.82, 2.24) is 5.32 Å². The molecule has 2 rings (SSSR count). The van der Waals surface area contributed by atoms with Gasteiger partial charge < -0.3 is 15.8 Å². The van der Waals surface area contributed by atoms with Crippen molar-refractivity contribution in [2.75, 3.05) is 0 Å². The molecule has 0 atom stereocenters. The van der Waals surface area contributed by atoms with Crippen LogP contribution in [0.4, 0.5) is 9.18 Å². The number of nitrogens with two attached hydrogens (primary N) is 1. The van der Waals surface area contributed by atoms with Crippen molar-refractivity contribution in [1.29, 1.82) is 0 Å². The molecule has 2 amide bonds. The minimum Gasteiger partial charge on any atom is -0.457 e. The Morgan fingerprint density at radius 2 is 1.87 bits per heavy atom. The summed E-state index contributed by atoms with van der Waals surface area (Å²) in [4.78, 5) is 22.6. The van der Waals surface area contributed by atoms with E-state index in [0.717, 1.165) is 11.6 Å². The maximum absolute atomic E-state index is 12.9. The number of amides is 2. The molecule has 0 aliphatic carbocycles. The molecule has 0 unspecified atom stereocenters. The van der Waals surface area contributed by atoms with Gasteiger partial charge in [0.1, 0.15) is 12.4 Å². The molecule has 0 bridgehead atoms. The van der Waals surface area contributed by atoms with E-state index in [2.05, 4.69) is 5.32 Å². The quantitative estimate of drug-likeness (QED) is 0.823. The number of urea groups is 1. The van der Waals surface area contributed by atoms with E-state index in [1.165, 1.54) is 12.1 Å². The van der Waals surface area contributed by atoms with Gasteiger partial charge in [-0.3, -0.25) is 0 Å². The number of nitrogens with one attached hydrogen (secondary N) is 1. The van der Waals surface area contributed by atoms with Crippen LogP contribution in [0.3, 0.4) is 0 Å². The number of carbonyl (C=O) groups is 2. The van der Waals surface area contributed by atoms with E-state index >= 15 is 0 Å². The zero-order chi connectivity index (χ0) is 16.8. The summed E-state index contributed by atoms with van der Waals surface area (Å²) in [5, 5.41) is 2.64. The fourth-order valence-electron chi connectivity index (χ4n) is 1.81. The summed E-state index contributed by atoms with van der Waals surface area (Å²) >= 11 is 5.86. The Bertz CT molecular complexity index is 720. The van der Waals surface area contributed by atoms with Gasteiger partial charge in [0.15, 0.2) is 0 Å². The second kappa shape index (κ2) is 7.60. The Morgan fingerprint density at radius 1 is 1.17 bits per heavy atom. The zero-order valence-electron chi connectivity index (χ0n) is 12.0. The van der Waals surface area contributed by atoms with Gasteiger partial charge in [-0.2, -0.15) is 0 Å². The van der Waals surface area contributed by atoms with Crippen molar-refractivity contribution in [2.45, 2.75) is 13.2 Å². The number of esters is 1. The van der Waals surface area contributed by atoms with E-state index < -0.39 is 17.8 Å². The molecule has 0 saturated heterocycles. The first-order valence-electron chi connectivity index (χ1n) is 6.69. The van der Waals surface area contributed by atoms with Crippen LogP contribution in [0.25, 0.3) is 0 Å². The van der Waals surface area contributed by atoms with Crippen LogP contribution >= 0.6 is 11.6 Å². The summed E-state index contributed by atoms with van der Waals surface area (Å²) in [5.41, 5.74) is 6.64. The molecular formula is C16H14ClFN2O3. The van der Waals surface area contributed by atoms with Crippen LogP contribution < -0.4 is 11.1 Å². The molecule has 5 nitrogen and oxygen atoms in total. The molecule has 0 radical (unpaired) electrons. The number of hydrogen-bond donors (Lipinski definition) is 2. The lowest BCUT2D eigenvalue weighted by atomic mass is 10.1. The monoisotopic (exact) mass is 336 g/mol. The maximum Gasteiger partial charge on any atom is 0.338 e. The van der Waals surface area contributed by atoms with Crippen LogP contribution in [0.15, 0.2) is 42.5 Å². The number of halogens is 2. The molecule has 0 aliphatic heterocycles. The van der Waals surface area contributed by atoms with Gasteiger partial charge in [0, 0.05) is 12.1 Å². The van der Waals surface area contributed by atoms with Crippen molar-refractivity contribution < 1.29 is 18.7 Å². The third-order valence-electron chi connectivity index (χ3n) is 3.03. The van der Waals surface area contributed by atoms with Gasteiger partial charge in [0.25, 0.3) is 0 Å². The van der Waals surface area contributed by atoms with Gasteiger partial charge in [-0.05, 0) is 29.8 Å². The number of rotatable bonds is 5. The van der Waals surface area contributed by atoms with Crippen LogP contribution in [0, 0.1) is 5.82 Å². The van der Waals surface area contributed by atoms with Crippen molar-refractivity contribution >= 4 is 23.6 Å². The van der Waals surface area contributed by atoms with Gasteiger partial charge in [0.2, 0.25) is 0 Å². The van der Waals surface area contributed by atoms with Gasteiger partial charge in [0.05, 0.1) is 10.6 Å². The van der Waals surface area contributed by atoms with Crippen LogP contribution in [-0.4, -0.2) is 12.0 Å². The van der Waals surface area contributed by atoms with Crippen LogP contribution in [-0.2, 0) is 17.9 Å². The lowest BCUT2D eigenvalue weighted by Crippen LogP contribution is -2.28. The molecule has 0 spiro atoms. The third-order valence-corrected chi connectivity index (χ3v) is 3.38. The highest BCUT2D eigenvalue weighted by Crippen LogP contribution is 2.18. The van der Waals surface area contributed by atoms with E-state index in [-0.39, 0.29) is 18.2 Å². The van der Waals surface area contributed by atoms with Crippen LogP contribution in [0.5, 0.6) is 0 Å². The Labute approximate surface area is 137 Å². The Balaban J connectivity index is 1.94. The predicted octanol–water partition coefficient (Wildman–Crippen LogP) is 3.00. The van der Waals surface area contributed by atoms with E-state index in [1.807, 2.05) is 0 Å². The normalized spacial score (nSPS) is 10.2. The summed E-state index contributed by atoms with van der Waals surface area (Å²) in [6.45, 7) is 0.221. The van der Waals surface area contributed by atoms with Gasteiger partial charge >= 0.3 is 12.0 Å². The average Bonchev–Trinajstić information content (AvgIpc) is 2.52. The minimum atomic E-state index is -0.621. The lowest BCUT2D eigenvalue weighted by molar-refractivity contribution is 0.0473. The van der Waals surface area contributed by atoms with Gasteiger partial charge in [-0.15, -0.1) is 0 Å². The second-order valence-electron chi connectivity index (χ2n) is 4.73. The number of primary amides is 1. The minimum absolute atomic E-state index is 0.0526. The zero-order valence-corrected chi connectivity index (χ0v) is 12.8. The molecule has 0 saturated carbocycles. The van der Waals surface area contributed by atoms with E-state index in [9.17, 15) is 14.0 Å². The predicted molar refractivity (Wildman–Crippen MR) is 83.4 cm³/mol. The molecule has 120 valence electrons. The highest BCUT2D eigenvalue weighted by Gasteiger charge is 2.09.